The fourth-order valence-corrected chi connectivity index (χ4v) is 1.84. The van der Waals surface area contributed by atoms with Crippen LogP contribution in [0.1, 0.15) is 15.9 Å². The van der Waals surface area contributed by atoms with Crippen LogP contribution in [0.5, 0.6) is 0 Å². The second-order valence-corrected chi connectivity index (χ2v) is 4.29. The predicted octanol–water partition coefficient (Wildman–Crippen LogP) is 3.74. The van der Waals surface area contributed by atoms with E-state index in [4.69, 9.17) is 16.3 Å². The Morgan fingerprint density at radius 3 is 2.39 bits per heavy atom. The lowest BCUT2D eigenvalue weighted by molar-refractivity contribution is 0.0727. The summed E-state index contributed by atoms with van der Waals surface area (Å²) in [5.41, 5.74) is 1.55. The maximum absolute atomic E-state index is 11.8. The van der Waals surface area contributed by atoms with E-state index in [9.17, 15) is 4.79 Å². The van der Waals surface area contributed by atoms with Crippen molar-refractivity contribution >= 4 is 17.4 Å². The zero-order chi connectivity index (χ0) is 12.8. The number of rotatable bonds is 5. The maximum Gasteiger partial charge on any atom is 0.189 e. The molecule has 0 spiro atoms. The second-order valence-electron chi connectivity index (χ2n) is 3.88. The van der Waals surface area contributed by atoms with Gasteiger partial charge in [0.2, 0.25) is 0 Å². The van der Waals surface area contributed by atoms with Gasteiger partial charge in [-0.3, -0.25) is 4.79 Å². The molecule has 0 saturated carbocycles. The van der Waals surface area contributed by atoms with Gasteiger partial charge in [-0.15, -0.1) is 0 Å². The summed E-state index contributed by atoms with van der Waals surface area (Å²) in [4.78, 5) is 11.8. The predicted molar refractivity (Wildman–Crippen MR) is 71.9 cm³/mol. The molecule has 92 valence electrons. The standard InChI is InChI=1S/C15H13ClO2/c16-14-9-5-4-8-13(14)15(17)11-18-10-12-6-2-1-3-7-12/h1-9H,10-11H2. The number of benzene rings is 2. The van der Waals surface area contributed by atoms with Gasteiger partial charge >= 0.3 is 0 Å². The molecule has 0 aliphatic carbocycles. The topological polar surface area (TPSA) is 26.3 Å². The van der Waals surface area contributed by atoms with Crippen molar-refractivity contribution in [1.82, 2.24) is 0 Å². The van der Waals surface area contributed by atoms with Crippen LogP contribution in [0.15, 0.2) is 54.6 Å². The van der Waals surface area contributed by atoms with Gasteiger partial charge < -0.3 is 4.74 Å². The second kappa shape index (κ2) is 6.34. The van der Waals surface area contributed by atoms with Crippen molar-refractivity contribution in [3.05, 3.63) is 70.7 Å². The highest BCUT2D eigenvalue weighted by Gasteiger charge is 2.09. The van der Waals surface area contributed by atoms with Crippen LogP contribution in [0.4, 0.5) is 0 Å². The summed E-state index contributed by atoms with van der Waals surface area (Å²) >= 11 is 5.94. The van der Waals surface area contributed by atoms with E-state index in [1.807, 2.05) is 30.3 Å². The summed E-state index contributed by atoms with van der Waals surface area (Å²) < 4.78 is 5.38. The molecule has 0 amide bonds. The fourth-order valence-electron chi connectivity index (χ4n) is 1.60. The minimum atomic E-state index is -0.100. The molecule has 0 aliphatic rings. The Kier molecular flexibility index (Phi) is 4.51. The van der Waals surface area contributed by atoms with Gasteiger partial charge in [-0.1, -0.05) is 54.1 Å². The Labute approximate surface area is 111 Å². The molecule has 0 bridgehead atoms. The molecule has 0 radical (unpaired) electrons. The molecule has 2 rings (SSSR count). The van der Waals surface area contributed by atoms with Crippen LogP contribution >= 0.6 is 11.6 Å². The Balaban J connectivity index is 1.88. The van der Waals surface area contributed by atoms with Gasteiger partial charge in [0, 0.05) is 5.56 Å². The quantitative estimate of drug-likeness (QED) is 0.766. The number of hydrogen-bond acceptors (Lipinski definition) is 2. The van der Waals surface area contributed by atoms with Crippen molar-refractivity contribution in [2.75, 3.05) is 6.61 Å². The van der Waals surface area contributed by atoms with Crippen molar-refractivity contribution in [3.63, 3.8) is 0 Å². The first-order valence-electron chi connectivity index (χ1n) is 5.67. The molecule has 2 aromatic rings. The summed E-state index contributed by atoms with van der Waals surface area (Å²) in [7, 11) is 0. The number of carbonyl (C=O) groups excluding carboxylic acids is 1. The van der Waals surface area contributed by atoms with E-state index < -0.39 is 0 Å². The van der Waals surface area contributed by atoms with Gasteiger partial charge in [0.1, 0.15) is 6.61 Å². The largest absolute Gasteiger partial charge is 0.369 e. The molecule has 0 N–H and O–H groups in total. The highest BCUT2D eigenvalue weighted by atomic mass is 35.5. The third-order valence-electron chi connectivity index (χ3n) is 2.52. The number of carbonyl (C=O) groups is 1. The Morgan fingerprint density at radius 2 is 1.67 bits per heavy atom. The number of ketones is 1. The first-order valence-corrected chi connectivity index (χ1v) is 6.04. The van der Waals surface area contributed by atoms with Gasteiger partial charge in [0.25, 0.3) is 0 Å². The molecule has 3 heteroatoms. The normalized spacial score (nSPS) is 10.3. The molecule has 0 heterocycles. The third kappa shape index (κ3) is 3.42. The highest BCUT2D eigenvalue weighted by molar-refractivity contribution is 6.34. The Morgan fingerprint density at radius 1 is 1.00 bits per heavy atom. The molecule has 0 fully saturated rings. The van der Waals surface area contributed by atoms with E-state index in [1.54, 1.807) is 24.3 Å². The van der Waals surface area contributed by atoms with Crippen LogP contribution in [0.25, 0.3) is 0 Å². The maximum atomic E-state index is 11.8. The van der Waals surface area contributed by atoms with Crippen molar-refractivity contribution in [2.24, 2.45) is 0 Å². The lowest BCUT2D eigenvalue weighted by Gasteiger charge is -2.05. The van der Waals surface area contributed by atoms with Gasteiger partial charge in [-0.25, -0.2) is 0 Å². The number of halogens is 1. The molecular formula is C15H13ClO2. The smallest absolute Gasteiger partial charge is 0.189 e. The molecule has 0 aliphatic heterocycles. The summed E-state index contributed by atoms with van der Waals surface area (Å²) in [5, 5.41) is 0.464. The number of ether oxygens (including phenoxy) is 1. The van der Waals surface area contributed by atoms with Crippen LogP contribution in [0, 0.1) is 0 Å². The van der Waals surface area contributed by atoms with E-state index in [1.165, 1.54) is 0 Å². The fraction of sp³-hybridized carbons (Fsp3) is 0.133. The Hall–Kier alpha value is -1.64. The molecule has 18 heavy (non-hydrogen) atoms. The molecule has 2 aromatic carbocycles. The molecule has 0 atom stereocenters. The zero-order valence-corrected chi connectivity index (χ0v) is 10.6. The lowest BCUT2D eigenvalue weighted by atomic mass is 10.1. The summed E-state index contributed by atoms with van der Waals surface area (Å²) in [6.07, 6.45) is 0. The van der Waals surface area contributed by atoms with E-state index >= 15 is 0 Å². The van der Waals surface area contributed by atoms with Gasteiger partial charge in [0.15, 0.2) is 5.78 Å². The van der Waals surface area contributed by atoms with Gasteiger partial charge in [-0.05, 0) is 17.7 Å². The minimum Gasteiger partial charge on any atom is -0.369 e. The molecular weight excluding hydrogens is 248 g/mol. The summed E-state index contributed by atoms with van der Waals surface area (Å²) in [6.45, 7) is 0.468. The van der Waals surface area contributed by atoms with E-state index in [0.717, 1.165) is 5.56 Å². The van der Waals surface area contributed by atoms with Crippen molar-refractivity contribution in [2.45, 2.75) is 6.61 Å². The van der Waals surface area contributed by atoms with E-state index in [2.05, 4.69) is 0 Å². The average Bonchev–Trinajstić information content (AvgIpc) is 2.40. The van der Waals surface area contributed by atoms with E-state index in [-0.39, 0.29) is 12.4 Å². The molecule has 2 nitrogen and oxygen atoms in total. The molecule has 0 saturated heterocycles. The first-order chi connectivity index (χ1) is 8.77. The van der Waals surface area contributed by atoms with Gasteiger partial charge in [0.05, 0.1) is 11.6 Å². The molecule has 0 aromatic heterocycles. The summed E-state index contributed by atoms with van der Waals surface area (Å²) in [6, 6.07) is 16.7. The van der Waals surface area contributed by atoms with Crippen molar-refractivity contribution < 1.29 is 9.53 Å². The monoisotopic (exact) mass is 260 g/mol. The summed E-state index contributed by atoms with van der Waals surface area (Å²) in [5.74, 6) is -0.100. The van der Waals surface area contributed by atoms with Crippen LogP contribution < -0.4 is 0 Å². The minimum absolute atomic E-state index is 0.0403. The van der Waals surface area contributed by atoms with Crippen LogP contribution in [-0.4, -0.2) is 12.4 Å². The zero-order valence-electron chi connectivity index (χ0n) is 9.80. The lowest BCUT2D eigenvalue weighted by Crippen LogP contribution is -2.09. The number of hydrogen-bond donors (Lipinski definition) is 0. The first kappa shape index (κ1) is 12.8. The SMILES string of the molecule is O=C(COCc1ccccc1)c1ccccc1Cl. The molecule has 0 unspecified atom stereocenters. The average molecular weight is 261 g/mol. The van der Waals surface area contributed by atoms with Crippen molar-refractivity contribution in [3.8, 4) is 0 Å². The Bertz CT molecular complexity index is 523. The van der Waals surface area contributed by atoms with Gasteiger partial charge in [-0.2, -0.15) is 0 Å². The highest BCUT2D eigenvalue weighted by Crippen LogP contribution is 2.15. The van der Waals surface area contributed by atoms with Crippen LogP contribution in [-0.2, 0) is 11.3 Å². The van der Waals surface area contributed by atoms with Crippen molar-refractivity contribution in [1.29, 1.82) is 0 Å². The third-order valence-corrected chi connectivity index (χ3v) is 2.85. The van der Waals surface area contributed by atoms with E-state index in [0.29, 0.717) is 17.2 Å². The number of Topliss-reactive ketones (excluding diaryl/α,β-unsaturated/α-hetero) is 1. The van der Waals surface area contributed by atoms with Crippen LogP contribution in [0.2, 0.25) is 5.02 Å². The van der Waals surface area contributed by atoms with Crippen LogP contribution in [0.3, 0.4) is 0 Å².